The van der Waals surface area contributed by atoms with E-state index in [1.165, 1.54) is 60.0 Å². The maximum Gasteiger partial charge on any atom is 0.316 e. The van der Waals surface area contributed by atoms with Crippen molar-refractivity contribution >= 4 is 64.2 Å². The van der Waals surface area contributed by atoms with Gasteiger partial charge in [-0.15, -0.1) is 0 Å². The predicted octanol–water partition coefficient (Wildman–Crippen LogP) is 3.87. The van der Waals surface area contributed by atoms with Crippen LogP contribution in [0.25, 0.3) is 0 Å². The molecular weight excluding hydrogens is 769 g/mol. The minimum Gasteiger partial charge on any atom is -0.329 e. The maximum absolute atomic E-state index is 13.6. The summed E-state index contributed by atoms with van der Waals surface area (Å²) in [4.78, 5) is 122. The Bertz CT molecular complexity index is 2390. The first-order valence-electron chi connectivity index (χ1n) is 19.8. The molecule has 2 aliphatic carbocycles. The van der Waals surface area contributed by atoms with Crippen molar-refractivity contribution in [1.82, 2.24) is 20.4 Å². The number of nitrogens with one attached hydrogen (secondary N) is 4. The van der Waals surface area contributed by atoms with Crippen LogP contribution in [-0.2, 0) is 19.2 Å². The van der Waals surface area contributed by atoms with Gasteiger partial charge in [-0.1, -0.05) is 48.5 Å². The molecule has 2 heterocycles. The molecular formula is C45H40N6O9. The zero-order valence-electron chi connectivity index (χ0n) is 32.7. The number of ketones is 4. The van der Waals surface area contributed by atoms with Crippen molar-refractivity contribution in [3.63, 3.8) is 0 Å². The highest BCUT2D eigenvalue weighted by atomic mass is 16.2. The Morgan fingerprint density at radius 3 is 1.20 bits per heavy atom. The SMILES string of the molecule is C[C@H](NC(=O)N[C@@H](C)C(=O)N1CCC[C@H]1C(=O)Nc1ccc2c(c1)C(=O)c1ccccc1C2=O)C(=O)N1CCC[C@H]1C(=O)Nc1ccc2c(c1)C(=O)c1ccccc1C2=O. The van der Waals surface area contributed by atoms with Gasteiger partial charge < -0.3 is 31.1 Å². The third-order valence-electron chi connectivity index (χ3n) is 11.5. The molecule has 0 unspecified atom stereocenters. The largest absolute Gasteiger partial charge is 0.329 e. The van der Waals surface area contributed by atoms with Crippen molar-refractivity contribution in [3.05, 3.63) is 129 Å². The van der Waals surface area contributed by atoms with E-state index in [-0.39, 0.29) is 69.6 Å². The highest BCUT2D eigenvalue weighted by molar-refractivity contribution is 6.29. The van der Waals surface area contributed by atoms with Crippen molar-refractivity contribution in [3.8, 4) is 0 Å². The molecule has 4 aromatic rings. The number of fused-ring (bicyclic) bond motifs is 4. The second kappa shape index (κ2) is 15.8. The zero-order valence-corrected chi connectivity index (χ0v) is 32.7. The zero-order chi connectivity index (χ0) is 42.4. The van der Waals surface area contributed by atoms with Crippen LogP contribution in [-0.4, -0.2) is 99.8 Å². The number of hydrogen-bond acceptors (Lipinski definition) is 9. The molecule has 4 aromatic carbocycles. The van der Waals surface area contributed by atoms with Gasteiger partial charge in [0.25, 0.3) is 0 Å². The van der Waals surface area contributed by atoms with Crippen molar-refractivity contribution < 1.29 is 43.2 Å². The number of nitrogens with zero attached hydrogens (tertiary/aromatic N) is 2. The number of carbonyl (C=O) groups is 9. The summed E-state index contributed by atoms with van der Waals surface area (Å²) < 4.78 is 0. The number of urea groups is 1. The lowest BCUT2D eigenvalue weighted by molar-refractivity contribution is -0.138. The van der Waals surface area contributed by atoms with Crippen LogP contribution in [0.2, 0.25) is 0 Å². The van der Waals surface area contributed by atoms with Crippen molar-refractivity contribution in [2.24, 2.45) is 0 Å². The smallest absolute Gasteiger partial charge is 0.316 e. The van der Waals surface area contributed by atoms with Crippen LogP contribution in [0.5, 0.6) is 0 Å². The molecule has 304 valence electrons. The van der Waals surface area contributed by atoms with Crippen LogP contribution in [0.15, 0.2) is 84.9 Å². The number of rotatable bonds is 8. The molecule has 0 radical (unpaired) electrons. The molecule has 8 rings (SSSR count). The summed E-state index contributed by atoms with van der Waals surface area (Å²) in [6, 6.07) is 17.4. The van der Waals surface area contributed by atoms with Crippen LogP contribution in [0.3, 0.4) is 0 Å². The number of anilines is 2. The Hall–Kier alpha value is -7.29. The second-order valence-electron chi connectivity index (χ2n) is 15.3. The monoisotopic (exact) mass is 808 g/mol. The first-order valence-corrected chi connectivity index (χ1v) is 19.8. The molecule has 4 atom stereocenters. The van der Waals surface area contributed by atoms with Gasteiger partial charge in [-0.25, -0.2) is 4.79 Å². The first-order chi connectivity index (χ1) is 28.8. The number of likely N-dealkylation sites (tertiary alicyclic amines) is 2. The molecule has 15 heteroatoms. The summed E-state index contributed by atoms with van der Waals surface area (Å²) in [5.74, 6) is -3.24. The average Bonchev–Trinajstić information content (AvgIpc) is 3.95. The van der Waals surface area contributed by atoms with Gasteiger partial charge in [0.2, 0.25) is 23.6 Å². The van der Waals surface area contributed by atoms with Gasteiger partial charge in [0.15, 0.2) is 23.1 Å². The van der Waals surface area contributed by atoms with Gasteiger partial charge in [-0.3, -0.25) is 38.4 Å². The topological polar surface area (TPSA) is 208 Å². The molecule has 15 nitrogen and oxygen atoms in total. The molecule has 0 aromatic heterocycles. The summed E-state index contributed by atoms with van der Waals surface area (Å²) in [5, 5.41) is 10.7. The lowest BCUT2D eigenvalue weighted by Gasteiger charge is -2.29. The third kappa shape index (κ3) is 7.11. The predicted molar refractivity (Wildman–Crippen MR) is 217 cm³/mol. The van der Waals surface area contributed by atoms with E-state index < -0.39 is 53.8 Å². The van der Waals surface area contributed by atoms with Gasteiger partial charge in [0.1, 0.15) is 24.2 Å². The van der Waals surface area contributed by atoms with Crippen LogP contribution in [0, 0.1) is 0 Å². The van der Waals surface area contributed by atoms with Crippen LogP contribution in [0.4, 0.5) is 16.2 Å². The van der Waals surface area contributed by atoms with Crippen molar-refractivity contribution in [1.29, 1.82) is 0 Å². The minimum absolute atomic E-state index is 0.173. The van der Waals surface area contributed by atoms with E-state index >= 15 is 0 Å². The lowest BCUT2D eigenvalue weighted by atomic mass is 9.84. The average molecular weight is 809 g/mol. The quantitative estimate of drug-likeness (QED) is 0.176. The standard InChI is InChI=1S/C45H40N6O9/c1-23(43(58)50-19-7-13-35(50)41(56)48-25-15-17-31-33(21-25)39(54)29-11-5-3-9-27(29)37(31)52)46-45(60)47-24(2)44(59)51-20-8-14-36(51)42(57)49-26-16-18-32-34(22-26)40(55)30-12-6-4-10-28(30)38(32)53/h3-6,9-12,15-18,21-24,35-36H,7-8,13-14,19-20H2,1-2H3,(H,48,56)(H,49,57)(H2,46,47,60)/t23-,24-,35-,36-/m0/s1. The normalized spacial score (nSPS) is 18.7. The summed E-state index contributed by atoms with van der Waals surface area (Å²) >= 11 is 0. The number of carbonyl (C=O) groups excluding carboxylic acids is 9. The Kier molecular flexibility index (Phi) is 10.4. The number of hydrogen-bond donors (Lipinski definition) is 4. The van der Waals surface area contributed by atoms with Gasteiger partial charge in [0.05, 0.1) is 0 Å². The van der Waals surface area contributed by atoms with Gasteiger partial charge in [0, 0.05) is 69.0 Å². The molecule has 2 saturated heterocycles. The molecule has 2 aliphatic heterocycles. The first kappa shape index (κ1) is 39.5. The molecule has 0 spiro atoms. The summed E-state index contributed by atoms with van der Waals surface area (Å²) in [6.45, 7) is 3.46. The van der Waals surface area contributed by atoms with Gasteiger partial charge in [-0.2, -0.15) is 0 Å². The van der Waals surface area contributed by atoms with Crippen molar-refractivity contribution in [2.45, 2.75) is 63.7 Å². The Balaban J connectivity index is 0.847. The maximum atomic E-state index is 13.6. The Morgan fingerprint density at radius 2 is 0.833 bits per heavy atom. The van der Waals surface area contributed by atoms with Gasteiger partial charge >= 0.3 is 6.03 Å². The fourth-order valence-corrected chi connectivity index (χ4v) is 8.47. The second-order valence-corrected chi connectivity index (χ2v) is 15.3. The molecule has 4 aliphatic rings. The highest BCUT2D eigenvalue weighted by Crippen LogP contribution is 2.31. The number of benzene rings is 4. The number of amides is 6. The molecule has 0 saturated carbocycles. The van der Waals surface area contributed by atoms with Crippen LogP contribution in [0.1, 0.15) is 103 Å². The molecule has 2 fully saturated rings. The molecule has 4 N–H and O–H groups in total. The van der Waals surface area contributed by atoms with E-state index in [0.29, 0.717) is 48.2 Å². The van der Waals surface area contributed by atoms with Gasteiger partial charge in [-0.05, 0) is 75.9 Å². The fourth-order valence-electron chi connectivity index (χ4n) is 8.47. The van der Waals surface area contributed by atoms with E-state index in [1.807, 2.05) is 0 Å². The van der Waals surface area contributed by atoms with Crippen LogP contribution >= 0.6 is 0 Å². The summed E-state index contributed by atoms with van der Waals surface area (Å²) in [6.07, 6.45) is 1.79. The Labute approximate surface area is 343 Å². The van der Waals surface area contributed by atoms with E-state index in [1.54, 1.807) is 48.5 Å². The van der Waals surface area contributed by atoms with E-state index in [2.05, 4.69) is 21.3 Å². The van der Waals surface area contributed by atoms with Crippen molar-refractivity contribution in [2.75, 3.05) is 23.7 Å². The summed E-state index contributed by atoms with van der Waals surface area (Å²) in [5.41, 5.74) is 2.62. The summed E-state index contributed by atoms with van der Waals surface area (Å²) in [7, 11) is 0. The van der Waals surface area contributed by atoms with E-state index in [4.69, 9.17) is 0 Å². The molecule has 6 amide bonds. The Morgan fingerprint density at radius 1 is 0.500 bits per heavy atom. The van der Waals surface area contributed by atoms with Crippen LogP contribution < -0.4 is 21.3 Å². The highest BCUT2D eigenvalue weighted by Gasteiger charge is 2.39. The lowest BCUT2D eigenvalue weighted by Crippen LogP contribution is -2.56. The third-order valence-corrected chi connectivity index (χ3v) is 11.5. The molecule has 60 heavy (non-hydrogen) atoms. The minimum atomic E-state index is -1.08. The molecule has 0 bridgehead atoms. The van der Waals surface area contributed by atoms with E-state index in [9.17, 15) is 43.2 Å². The van der Waals surface area contributed by atoms with E-state index in [0.717, 1.165) is 0 Å². The fraction of sp³-hybridized carbons (Fsp3) is 0.267.